The maximum absolute atomic E-state index is 14.5. The lowest BCUT2D eigenvalue weighted by atomic mass is 9.92. The average molecular weight is 1010 g/mol. The molecule has 358 valence electrons. The highest BCUT2D eigenvalue weighted by Crippen LogP contribution is 2.49. The van der Waals surface area contributed by atoms with E-state index in [1.165, 1.54) is 12.1 Å². The van der Waals surface area contributed by atoms with Gasteiger partial charge in [-0.05, 0) is 44.1 Å². The molecule has 64 heavy (non-hydrogen) atoms. The zero-order valence-electron chi connectivity index (χ0n) is 39.6. The van der Waals surface area contributed by atoms with Crippen molar-refractivity contribution in [3.63, 3.8) is 0 Å². The quantitative estimate of drug-likeness (QED) is 0.0358. The van der Waals surface area contributed by atoms with Crippen molar-refractivity contribution < 1.29 is 51.5 Å². The number of hydrogen-bond donors (Lipinski definition) is 0. The summed E-state index contributed by atoms with van der Waals surface area (Å²) >= 11 is 0. The summed E-state index contributed by atoms with van der Waals surface area (Å²) in [7, 11) is -22.4. The van der Waals surface area contributed by atoms with Crippen molar-refractivity contribution in [2.45, 2.75) is 167 Å². The minimum Gasteiger partial charge on any atom is -0.375 e. The lowest BCUT2D eigenvalue weighted by Crippen LogP contribution is -2.48. The van der Waals surface area contributed by atoms with Crippen LogP contribution in [0.2, 0.25) is 72.5 Å². The van der Waals surface area contributed by atoms with Crippen LogP contribution in [-0.4, -0.2) is 60.1 Å². The van der Waals surface area contributed by atoms with Gasteiger partial charge in [-0.15, -0.1) is 0 Å². The molecule has 4 aromatic carbocycles. The Morgan fingerprint density at radius 1 is 0.391 bits per heavy atom. The summed E-state index contributed by atoms with van der Waals surface area (Å²) in [5.74, 6) is -1.50. The van der Waals surface area contributed by atoms with Crippen LogP contribution in [0.5, 0.6) is 11.5 Å². The van der Waals surface area contributed by atoms with E-state index in [2.05, 4.69) is 53.7 Å². The summed E-state index contributed by atoms with van der Waals surface area (Å²) in [5.41, 5.74) is -12.3. The molecule has 0 heterocycles. The lowest BCUT2D eigenvalue weighted by Gasteiger charge is -2.35. The topological polar surface area (TPSA) is 86.7 Å². The third-order valence-electron chi connectivity index (χ3n) is 15.9. The Labute approximate surface area is 382 Å². The Balaban J connectivity index is 2.57. The van der Waals surface area contributed by atoms with Gasteiger partial charge in [0, 0.05) is 11.1 Å². The summed E-state index contributed by atoms with van der Waals surface area (Å²) in [6.07, 6.45) is 0. The van der Waals surface area contributed by atoms with E-state index in [-0.39, 0.29) is 21.9 Å². The predicted octanol–water partition coefficient (Wildman–Crippen LogP) is 13.0. The van der Waals surface area contributed by atoms with Gasteiger partial charge in [-0.25, -0.2) is 0 Å². The highest BCUT2D eigenvalue weighted by Gasteiger charge is 2.51. The molecule has 0 aliphatic carbocycles. The van der Waals surface area contributed by atoms with Crippen LogP contribution in [0.15, 0.2) is 48.5 Å². The molecule has 0 radical (unpaired) electrons. The lowest BCUT2D eigenvalue weighted by molar-refractivity contribution is -0.0505. The second-order valence-corrected chi connectivity index (χ2v) is 41.5. The molecule has 0 bridgehead atoms. The molecule has 0 N–H and O–H groups in total. The first kappa shape index (κ1) is 54.0. The Bertz CT molecular complexity index is 2320. The average Bonchev–Trinajstić information content (AvgIpc) is 3.26. The van der Waals surface area contributed by atoms with Crippen LogP contribution >= 0.6 is 0 Å². The van der Waals surface area contributed by atoms with Gasteiger partial charge in [0.2, 0.25) is 0 Å². The first-order valence-corrected chi connectivity index (χ1v) is 36.4. The van der Waals surface area contributed by atoms with Gasteiger partial charge in [-0.3, -0.25) is 0 Å². The fourth-order valence-corrected chi connectivity index (χ4v) is 26.5. The van der Waals surface area contributed by atoms with E-state index in [4.69, 9.17) is 8.37 Å². The van der Waals surface area contributed by atoms with Crippen LogP contribution in [0, 0.1) is 0 Å². The van der Waals surface area contributed by atoms with Gasteiger partial charge in [-0.1, -0.05) is 202 Å². The van der Waals surface area contributed by atoms with E-state index in [0.29, 0.717) is 57.4 Å². The van der Waals surface area contributed by atoms with Crippen molar-refractivity contribution in [1.29, 1.82) is 0 Å². The second kappa shape index (κ2) is 19.9. The monoisotopic (exact) mass is 1010 g/mol. The van der Waals surface area contributed by atoms with Crippen molar-refractivity contribution in [3.05, 3.63) is 48.5 Å². The Hall–Kier alpha value is -2.65. The number of rotatable bonds is 21. The van der Waals surface area contributed by atoms with Gasteiger partial charge in [-0.2, -0.15) is 43.2 Å². The van der Waals surface area contributed by atoms with Crippen LogP contribution in [0.25, 0.3) is 32.7 Å². The molecular formula is C46H68F6O6S2Si4. The van der Waals surface area contributed by atoms with E-state index in [9.17, 15) is 43.2 Å². The molecule has 4 rings (SSSR count). The van der Waals surface area contributed by atoms with E-state index < -0.39 is 75.0 Å². The summed E-state index contributed by atoms with van der Waals surface area (Å²) < 4.78 is 151. The molecule has 0 aliphatic heterocycles. The molecule has 0 aliphatic rings. The number of hydrogen-bond acceptors (Lipinski definition) is 6. The normalized spacial score (nSPS) is 13.8. The fraction of sp³-hybridized carbons (Fsp3) is 0.565. The van der Waals surface area contributed by atoms with Gasteiger partial charge in [0.1, 0.15) is 0 Å². The van der Waals surface area contributed by atoms with Crippen molar-refractivity contribution >= 4 is 94.8 Å². The zero-order valence-corrected chi connectivity index (χ0v) is 45.3. The van der Waals surface area contributed by atoms with Crippen LogP contribution in [-0.2, 0) is 20.2 Å². The Kier molecular flexibility index (Phi) is 16.8. The van der Waals surface area contributed by atoms with Crippen LogP contribution in [0.3, 0.4) is 0 Å². The first-order chi connectivity index (χ1) is 29.8. The molecule has 0 spiro atoms. The fourth-order valence-electron chi connectivity index (χ4n) is 10.7. The van der Waals surface area contributed by atoms with E-state index in [1.807, 2.05) is 53.7 Å². The van der Waals surface area contributed by atoms with Gasteiger partial charge in [0.25, 0.3) is 0 Å². The standard InChI is InChI=1S/C46H68F6O6S2Si4/c1-13-61(14-2,15-3)33-25-27-35-37(29-33)41(63(19-7,20-8)21-9)31-39(57-59(53,54)45(47,48)49)43(35)44-36-28-26-34(62(16-4,17-5)18-6)30-38(36)42(64(22-10,23-11)24-12)32-40(44)58-60(55,56)46(50,51)52/h25-32H,13-24H2,1-12H3. The molecular weight excluding hydrogens is 939 g/mol. The second-order valence-electron chi connectivity index (χ2n) is 17.4. The van der Waals surface area contributed by atoms with Gasteiger partial charge >= 0.3 is 31.3 Å². The molecule has 0 aromatic heterocycles. The summed E-state index contributed by atoms with van der Waals surface area (Å²) in [6, 6.07) is 23.4. The number of alkyl halides is 6. The van der Waals surface area contributed by atoms with Crippen LogP contribution < -0.4 is 29.1 Å². The van der Waals surface area contributed by atoms with Gasteiger partial charge in [0.15, 0.2) is 11.5 Å². The molecule has 0 unspecified atom stereocenters. The Morgan fingerprint density at radius 2 is 0.641 bits per heavy atom. The first-order valence-electron chi connectivity index (χ1n) is 23.1. The van der Waals surface area contributed by atoms with Crippen molar-refractivity contribution in [3.8, 4) is 22.6 Å². The van der Waals surface area contributed by atoms with Gasteiger partial charge in [0.05, 0.1) is 32.3 Å². The van der Waals surface area contributed by atoms with Crippen molar-refractivity contribution in [2.75, 3.05) is 0 Å². The highest BCUT2D eigenvalue weighted by atomic mass is 32.2. The molecule has 18 heteroatoms. The molecule has 0 atom stereocenters. The van der Waals surface area contributed by atoms with E-state index in [1.54, 1.807) is 12.1 Å². The molecule has 4 aromatic rings. The molecule has 6 nitrogen and oxygen atoms in total. The summed E-state index contributed by atoms with van der Waals surface area (Å²) in [4.78, 5) is 0. The SMILES string of the molecule is CC[Si](CC)(CC)c1ccc2c(-c3c(OS(=O)(=O)C(F)(F)F)cc([Si](CC)(CC)CC)c4cc([Si](CC)(CC)CC)ccc34)c(OS(=O)(=O)C(F)(F)F)cc([Si](CC)(CC)CC)c2c1. The smallest absolute Gasteiger partial charge is 0.375 e. The number of fused-ring (bicyclic) bond motifs is 2. The number of halogens is 6. The molecule has 0 saturated carbocycles. The predicted molar refractivity (Wildman–Crippen MR) is 265 cm³/mol. The largest absolute Gasteiger partial charge is 0.534 e. The summed E-state index contributed by atoms with van der Waals surface area (Å²) in [5, 5.41) is 5.29. The zero-order chi connectivity index (χ0) is 48.5. The summed E-state index contributed by atoms with van der Waals surface area (Å²) in [6.45, 7) is 24.9. The van der Waals surface area contributed by atoms with Gasteiger partial charge < -0.3 is 8.37 Å². The molecule has 0 amide bonds. The van der Waals surface area contributed by atoms with Crippen LogP contribution in [0.1, 0.15) is 83.1 Å². The number of benzene rings is 4. The highest BCUT2D eigenvalue weighted by molar-refractivity contribution is 7.88. The minimum absolute atomic E-state index is 0.240. The van der Waals surface area contributed by atoms with Crippen molar-refractivity contribution in [2.24, 2.45) is 0 Å². The molecule has 0 saturated heterocycles. The maximum atomic E-state index is 14.5. The Morgan fingerprint density at radius 3 is 0.859 bits per heavy atom. The van der Waals surface area contributed by atoms with Crippen molar-refractivity contribution in [1.82, 2.24) is 0 Å². The minimum atomic E-state index is -6.38. The van der Waals surface area contributed by atoms with E-state index >= 15 is 0 Å². The maximum Gasteiger partial charge on any atom is 0.534 e. The van der Waals surface area contributed by atoms with Crippen LogP contribution in [0.4, 0.5) is 26.3 Å². The third-order valence-corrected chi connectivity index (χ3v) is 40.3. The van der Waals surface area contributed by atoms with E-state index in [0.717, 1.165) is 46.6 Å². The third kappa shape index (κ3) is 9.31. The molecule has 0 fully saturated rings.